The average molecular weight is 464 g/mol. The highest BCUT2D eigenvalue weighted by molar-refractivity contribution is 5.94. The van der Waals surface area contributed by atoms with E-state index in [0.29, 0.717) is 31.2 Å². The molecule has 0 unspecified atom stereocenters. The second-order valence-electron chi connectivity index (χ2n) is 8.81. The van der Waals surface area contributed by atoms with Crippen molar-refractivity contribution in [1.82, 2.24) is 20.2 Å². The molecule has 2 atom stereocenters. The van der Waals surface area contributed by atoms with Crippen molar-refractivity contribution in [2.75, 3.05) is 45.2 Å². The molecule has 0 bridgehead atoms. The molecule has 2 aliphatic heterocycles. The second-order valence-corrected chi connectivity index (χ2v) is 8.81. The molecule has 0 saturated carbocycles. The Hall–Kier alpha value is -3.27. The van der Waals surface area contributed by atoms with Crippen molar-refractivity contribution < 1.29 is 19.4 Å². The van der Waals surface area contributed by atoms with Crippen LogP contribution in [0.3, 0.4) is 0 Å². The van der Waals surface area contributed by atoms with Gasteiger partial charge in [-0.3, -0.25) is 9.78 Å². The van der Waals surface area contributed by atoms with Crippen LogP contribution in [0.4, 0.5) is 5.82 Å². The van der Waals surface area contributed by atoms with Crippen molar-refractivity contribution in [3.05, 3.63) is 53.9 Å². The molecular weight excluding hydrogens is 434 g/mol. The summed E-state index contributed by atoms with van der Waals surface area (Å²) >= 11 is 0. The summed E-state index contributed by atoms with van der Waals surface area (Å²) in [5.41, 5.74) is 3.01. The summed E-state index contributed by atoms with van der Waals surface area (Å²) in [7, 11) is 1.67. The summed E-state index contributed by atoms with van der Waals surface area (Å²) in [6, 6.07) is 11.7. The van der Waals surface area contributed by atoms with Gasteiger partial charge >= 0.3 is 0 Å². The number of hydrogen-bond donors (Lipinski definition) is 3. The molecule has 2 aromatic heterocycles. The molecule has 34 heavy (non-hydrogen) atoms. The van der Waals surface area contributed by atoms with Crippen molar-refractivity contribution in [3.8, 4) is 11.5 Å². The first-order chi connectivity index (χ1) is 16.6. The Kier molecular flexibility index (Phi) is 6.57. The molecule has 3 N–H and O–H groups in total. The van der Waals surface area contributed by atoms with E-state index in [1.807, 2.05) is 36.5 Å². The molecule has 1 fully saturated rings. The van der Waals surface area contributed by atoms with Crippen molar-refractivity contribution in [2.24, 2.45) is 5.92 Å². The first-order valence-corrected chi connectivity index (χ1v) is 11.5. The molecule has 1 saturated heterocycles. The fraction of sp³-hybridized carbons (Fsp3) is 0.400. The first-order valence-electron chi connectivity index (χ1n) is 11.5. The van der Waals surface area contributed by atoms with Crippen molar-refractivity contribution >= 4 is 22.6 Å². The van der Waals surface area contributed by atoms with E-state index >= 15 is 0 Å². The Morgan fingerprint density at radius 3 is 3.06 bits per heavy atom. The smallest absolute Gasteiger partial charge is 0.263 e. The van der Waals surface area contributed by atoms with Crippen molar-refractivity contribution in [3.63, 3.8) is 0 Å². The van der Waals surface area contributed by atoms with Gasteiger partial charge in [0.1, 0.15) is 5.75 Å². The SMILES string of the molecule is COc1ccc2nccc(CCN3C[C@H](CNCc4ccc5c(n4)NC(=O)CO5)[C@H](O)C3)c2c1. The summed E-state index contributed by atoms with van der Waals surface area (Å²) in [5.74, 6) is 1.83. The molecule has 0 spiro atoms. The van der Waals surface area contributed by atoms with Gasteiger partial charge in [0.05, 0.1) is 24.4 Å². The molecule has 1 aromatic carbocycles. The number of nitrogens with zero attached hydrogens (tertiary/aromatic N) is 3. The zero-order valence-corrected chi connectivity index (χ0v) is 19.2. The van der Waals surface area contributed by atoms with Crippen molar-refractivity contribution in [2.45, 2.75) is 19.1 Å². The van der Waals surface area contributed by atoms with Gasteiger partial charge in [-0.2, -0.15) is 0 Å². The standard InChI is InChI=1S/C25H29N5O4/c1-33-19-3-4-21-20(10-19)16(6-8-27-21)7-9-30-13-17(22(31)14-30)11-26-12-18-2-5-23-25(28-18)29-24(32)15-34-23/h2-6,8,10,17,22,26,31H,7,9,11-15H2,1H3,(H,28,29,32)/t17-,22+/m0/s1. The summed E-state index contributed by atoms with van der Waals surface area (Å²) in [6.45, 7) is 3.64. The van der Waals surface area contributed by atoms with Gasteiger partial charge in [0.2, 0.25) is 0 Å². The van der Waals surface area contributed by atoms with Gasteiger partial charge in [0.15, 0.2) is 18.2 Å². The van der Waals surface area contributed by atoms with Gasteiger partial charge in [-0.1, -0.05) is 0 Å². The lowest BCUT2D eigenvalue weighted by molar-refractivity contribution is -0.118. The number of nitrogens with one attached hydrogen (secondary N) is 2. The summed E-state index contributed by atoms with van der Waals surface area (Å²) in [6.07, 6.45) is 2.36. The van der Waals surface area contributed by atoms with E-state index in [4.69, 9.17) is 9.47 Å². The van der Waals surface area contributed by atoms with Crippen molar-refractivity contribution in [1.29, 1.82) is 0 Å². The highest BCUT2D eigenvalue weighted by Gasteiger charge is 2.30. The maximum atomic E-state index is 11.5. The number of amides is 1. The van der Waals surface area contributed by atoms with E-state index in [1.165, 1.54) is 5.56 Å². The lowest BCUT2D eigenvalue weighted by Gasteiger charge is -2.18. The predicted octanol–water partition coefficient (Wildman–Crippen LogP) is 1.59. The summed E-state index contributed by atoms with van der Waals surface area (Å²) in [5, 5.41) is 17.8. The number of ether oxygens (including phenoxy) is 2. The van der Waals surface area contributed by atoms with Crippen LogP contribution in [0, 0.1) is 5.92 Å². The highest BCUT2D eigenvalue weighted by Crippen LogP contribution is 2.26. The number of carbonyl (C=O) groups is 1. The Morgan fingerprint density at radius 1 is 1.26 bits per heavy atom. The number of rotatable bonds is 8. The molecule has 1 amide bonds. The Balaban J connectivity index is 1.13. The average Bonchev–Trinajstić information content (AvgIpc) is 3.21. The van der Waals surface area contributed by atoms with E-state index in [1.54, 1.807) is 7.11 Å². The summed E-state index contributed by atoms with van der Waals surface area (Å²) in [4.78, 5) is 22.7. The number of aliphatic hydroxyl groups excluding tert-OH is 1. The maximum Gasteiger partial charge on any atom is 0.263 e. The quantitative estimate of drug-likeness (QED) is 0.462. The fourth-order valence-electron chi connectivity index (χ4n) is 4.62. The molecule has 178 valence electrons. The molecule has 0 aliphatic carbocycles. The maximum absolute atomic E-state index is 11.5. The van der Waals surface area contributed by atoms with E-state index < -0.39 is 0 Å². The van der Waals surface area contributed by atoms with Gasteiger partial charge < -0.3 is 30.1 Å². The monoisotopic (exact) mass is 463 g/mol. The molecule has 0 radical (unpaired) electrons. The number of benzene rings is 1. The number of aromatic nitrogens is 2. The van der Waals surface area contributed by atoms with Crippen LogP contribution in [0.1, 0.15) is 11.3 Å². The highest BCUT2D eigenvalue weighted by atomic mass is 16.5. The lowest BCUT2D eigenvalue weighted by Crippen LogP contribution is -2.31. The van der Waals surface area contributed by atoms with Crippen LogP contribution in [0.15, 0.2) is 42.6 Å². The minimum Gasteiger partial charge on any atom is -0.497 e. The minimum atomic E-state index is -0.369. The van der Waals surface area contributed by atoms with Crippen LogP contribution < -0.4 is 20.1 Å². The molecule has 9 heteroatoms. The third-order valence-corrected chi connectivity index (χ3v) is 6.46. The van der Waals surface area contributed by atoms with Gasteiger partial charge in [0, 0.05) is 50.2 Å². The number of fused-ring (bicyclic) bond motifs is 2. The number of anilines is 1. The van der Waals surface area contributed by atoms with E-state index in [-0.39, 0.29) is 24.5 Å². The van der Waals surface area contributed by atoms with Crippen LogP contribution in [0.2, 0.25) is 0 Å². The largest absolute Gasteiger partial charge is 0.497 e. The van der Waals surface area contributed by atoms with Gasteiger partial charge in [-0.05, 0) is 48.4 Å². The zero-order chi connectivity index (χ0) is 23.5. The second kappa shape index (κ2) is 9.92. The number of methoxy groups -OCH3 is 1. The molecule has 9 nitrogen and oxygen atoms in total. The molecular formula is C25H29N5O4. The minimum absolute atomic E-state index is 0.0217. The van der Waals surface area contributed by atoms with E-state index in [9.17, 15) is 9.90 Å². The van der Waals surface area contributed by atoms with Gasteiger partial charge in [0.25, 0.3) is 5.91 Å². The first kappa shape index (κ1) is 22.5. The number of likely N-dealkylation sites (tertiary alicyclic amines) is 1. The van der Waals surface area contributed by atoms with Crippen LogP contribution >= 0.6 is 0 Å². The number of carbonyl (C=O) groups excluding carboxylic acids is 1. The van der Waals surface area contributed by atoms with Crippen LogP contribution in [0.5, 0.6) is 11.5 Å². The Bertz CT molecular complexity index is 1190. The molecule has 3 aromatic rings. The molecule has 4 heterocycles. The third-order valence-electron chi connectivity index (χ3n) is 6.46. The third kappa shape index (κ3) is 4.96. The number of aliphatic hydroxyl groups is 1. The summed E-state index contributed by atoms with van der Waals surface area (Å²) < 4.78 is 10.7. The lowest BCUT2D eigenvalue weighted by atomic mass is 10.1. The van der Waals surface area contributed by atoms with Gasteiger partial charge in [-0.15, -0.1) is 0 Å². The van der Waals surface area contributed by atoms with Crippen LogP contribution in [0.25, 0.3) is 10.9 Å². The van der Waals surface area contributed by atoms with Crippen LogP contribution in [-0.4, -0.2) is 71.9 Å². The van der Waals surface area contributed by atoms with Gasteiger partial charge in [-0.25, -0.2) is 4.98 Å². The zero-order valence-electron chi connectivity index (χ0n) is 19.2. The Labute approximate surface area is 198 Å². The topological polar surface area (TPSA) is 109 Å². The number of pyridine rings is 2. The Morgan fingerprint density at radius 2 is 2.18 bits per heavy atom. The van der Waals surface area contributed by atoms with E-state index in [2.05, 4.69) is 31.6 Å². The normalized spacial score (nSPS) is 20.1. The predicted molar refractivity (Wildman–Crippen MR) is 128 cm³/mol. The van der Waals surface area contributed by atoms with Crippen LogP contribution in [-0.2, 0) is 17.8 Å². The molecule has 5 rings (SSSR count). The molecule has 2 aliphatic rings. The number of β-amino-alcohol motifs (C(OH)–C–C–N with tert-alkyl or cyclic N) is 1. The number of hydrogen-bond acceptors (Lipinski definition) is 8. The fourth-order valence-corrected chi connectivity index (χ4v) is 4.62. The van der Waals surface area contributed by atoms with E-state index in [0.717, 1.165) is 41.9 Å².